The van der Waals surface area contributed by atoms with Crippen LogP contribution in [-0.2, 0) is 14.8 Å². The molecule has 0 radical (unpaired) electrons. The molecule has 1 atom stereocenters. The standard InChI is InChI=1S/C20H28FN3O5S/c1-14(17-11-16(7-8-18(17)21)29-13-15-5-6-15)23-30(27,28)10-4-2-3-9-24-12-19(25)22-20(24)26/h7-8,11,14-15,23H,2-6,9-10,12-13H2,1H3,(H,22,25,26)/t14-/m0/s1. The van der Waals surface area contributed by atoms with Crippen LogP contribution in [0.5, 0.6) is 5.75 Å². The van der Waals surface area contributed by atoms with Gasteiger partial charge in [-0.1, -0.05) is 6.42 Å². The van der Waals surface area contributed by atoms with Crippen molar-refractivity contribution in [3.05, 3.63) is 29.6 Å². The summed E-state index contributed by atoms with van der Waals surface area (Å²) in [5, 5.41) is 2.20. The maximum absolute atomic E-state index is 14.2. The summed E-state index contributed by atoms with van der Waals surface area (Å²) in [5.74, 6) is 0.197. The highest BCUT2D eigenvalue weighted by Crippen LogP contribution is 2.30. The number of unbranched alkanes of at least 4 members (excludes halogenated alkanes) is 2. The van der Waals surface area contributed by atoms with Crippen molar-refractivity contribution in [3.63, 3.8) is 0 Å². The van der Waals surface area contributed by atoms with Crippen molar-refractivity contribution >= 4 is 22.0 Å². The summed E-state index contributed by atoms with van der Waals surface area (Å²) >= 11 is 0. The van der Waals surface area contributed by atoms with Crippen LogP contribution in [0.15, 0.2) is 18.2 Å². The van der Waals surface area contributed by atoms with E-state index in [1.807, 2.05) is 0 Å². The molecule has 1 aromatic rings. The fraction of sp³-hybridized carbons (Fsp3) is 0.600. The van der Waals surface area contributed by atoms with Gasteiger partial charge in [0, 0.05) is 18.2 Å². The zero-order valence-corrected chi connectivity index (χ0v) is 17.8. The van der Waals surface area contributed by atoms with E-state index in [2.05, 4.69) is 10.0 Å². The van der Waals surface area contributed by atoms with Crippen LogP contribution in [0.1, 0.15) is 50.6 Å². The maximum Gasteiger partial charge on any atom is 0.324 e. The number of rotatable bonds is 12. The lowest BCUT2D eigenvalue weighted by Gasteiger charge is -2.17. The molecule has 2 N–H and O–H groups in total. The number of halogens is 1. The summed E-state index contributed by atoms with van der Waals surface area (Å²) < 4.78 is 47.1. The summed E-state index contributed by atoms with van der Waals surface area (Å²) in [4.78, 5) is 24.0. The van der Waals surface area contributed by atoms with E-state index in [9.17, 15) is 22.4 Å². The van der Waals surface area contributed by atoms with Gasteiger partial charge in [-0.15, -0.1) is 0 Å². The minimum Gasteiger partial charge on any atom is -0.493 e. The normalized spacial score (nSPS) is 17.9. The molecule has 8 nitrogen and oxygen atoms in total. The summed E-state index contributed by atoms with van der Waals surface area (Å²) in [7, 11) is -3.60. The van der Waals surface area contributed by atoms with Crippen molar-refractivity contribution in [2.45, 2.75) is 45.1 Å². The summed E-state index contributed by atoms with van der Waals surface area (Å²) in [5.41, 5.74) is 0.247. The van der Waals surface area contributed by atoms with Gasteiger partial charge in [-0.2, -0.15) is 0 Å². The maximum atomic E-state index is 14.2. The highest BCUT2D eigenvalue weighted by molar-refractivity contribution is 7.89. The Bertz CT molecular complexity index is 888. The molecule has 1 aliphatic carbocycles. The molecule has 1 aliphatic heterocycles. The van der Waals surface area contributed by atoms with E-state index in [4.69, 9.17) is 4.74 Å². The number of hydrogen-bond donors (Lipinski definition) is 2. The lowest BCUT2D eigenvalue weighted by Crippen LogP contribution is -2.30. The van der Waals surface area contributed by atoms with E-state index in [-0.39, 0.29) is 23.8 Å². The Kier molecular flexibility index (Phi) is 7.30. The molecule has 3 amide bonds. The second-order valence-corrected chi connectivity index (χ2v) is 9.81. The Morgan fingerprint density at radius 3 is 2.70 bits per heavy atom. The number of sulfonamides is 1. The third-order valence-electron chi connectivity index (χ3n) is 5.18. The van der Waals surface area contributed by atoms with E-state index < -0.39 is 27.9 Å². The molecular formula is C20H28FN3O5S. The van der Waals surface area contributed by atoms with Crippen LogP contribution in [-0.4, -0.2) is 50.7 Å². The quantitative estimate of drug-likeness (QED) is 0.383. The van der Waals surface area contributed by atoms with E-state index in [1.54, 1.807) is 19.1 Å². The molecule has 0 unspecified atom stereocenters. The molecule has 0 spiro atoms. The number of amides is 3. The second-order valence-electron chi connectivity index (χ2n) is 7.93. The minimum atomic E-state index is -3.60. The van der Waals surface area contributed by atoms with Gasteiger partial charge in [-0.3, -0.25) is 10.1 Å². The molecule has 10 heteroatoms. The predicted octanol–water partition coefficient (Wildman–Crippen LogP) is 2.32. The zero-order valence-electron chi connectivity index (χ0n) is 17.0. The Morgan fingerprint density at radius 1 is 1.27 bits per heavy atom. The zero-order chi connectivity index (χ0) is 21.7. The molecule has 2 aliphatic rings. The molecule has 2 fully saturated rings. The summed E-state index contributed by atoms with van der Waals surface area (Å²) in [6.45, 7) is 2.65. The van der Waals surface area contributed by atoms with Crippen LogP contribution in [0.2, 0.25) is 0 Å². The number of carbonyl (C=O) groups is 2. The van der Waals surface area contributed by atoms with Crippen LogP contribution < -0.4 is 14.8 Å². The molecule has 30 heavy (non-hydrogen) atoms. The Morgan fingerprint density at radius 2 is 2.03 bits per heavy atom. The smallest absolute Gasteiger partial charge is 0.324 e. The summed E-state index contributed by atoms with van der Waals surface area (Å²) in [6.07, 6.45) is 3.88. The fourth-order valence-corrected chi connectivity index (χ4v) is 4.64. The number of nitrogens with one attached hydrogen (secondary N) is 2. The van der Waals surface area contributed by atoms with Gasteiger partial charge in [-0.05, 0) is 56.7 Å². The van der Waals surface area contributed by atoms with Crippen molar-refractivity contribution in [2.24, 2.45) is 5.92 Å². The van der Waals surface area contributed by atoms with Gasteiger partial charge in [0.05, 0.1) is 12.4 Å². The first-order valence-electron chi connectivity index (χ1n) is 10.2. The average Bonchev–Trinajstić information content (AvgIpc) is 3.44. The molecule has 166 valence electrons. The average molecular weight is 442 g/mol. The van der Waals surface area contributed by atoms with Crippen LogP contribution in [0, 0.1) is 11.7 Å². The Labute approximate surface area is 176 Å². The molecule has 1 heterocycles. The van der Waals surface area contributed by atoms with Gasteiger partial charge in [-0.25, -0.2) is 22.3 Å². The third-order valence-corrected chi connectivity index (χ3v) is 6.72. The monoisotopic (exact) mass is 441 g/mol. The number of hydrogen-bond acceptors (Lipinski definition) is 5. The number of nitrogens with zero attached hydrogens (tertiary/aromatic N) is 1. The highest BCUT2D eigenvalue weighted by atomic mass is 32.2. The number of carbonyl (C=O) groups excluding carboxylic acids is 2. The Balaban J connectivity index is 1.43. The van der Waals surface area contributed by atoms with Crippen LogP contribution >= 0.6 is 0 Å². The molecule has 1 saturated heterocycles. The topological polar surface area (TPSA) is 105 Å². The van der Waals surface area contributed by atoms with Crippen molar-refractivity contribution in [3.8, 4) is 5.75 Å². The molecule has 0 aromatic heterocycles. The second kappa shape index (κ2) is 9.74. The summed E-state index contributed by atoms with van der Waals surface area (Å²) in [6, 6.07) is 3.26. The largest absolute Gasteiger partial charge is 0.493 e. The van der Waals surface area contributed by atoms with Gasteiger partial charge >= 0.3 is 6.03 Å². The SMILES string of the molecule is C[C@H](NS(=O)(=O)CCCCCN1CC(=O)NC1=O)c1cc(OCC2CC2)ccc1F. The number of benzene rings is 1. The van der Waals surface area contributed by atoms with E-state index in [1.165, 1.54) is 11.0 Å². The van der Waals surface area contributed by atoms with E-state index in [0.717, 1.165) is 12.8 Å². The molecule has 3 rings (SSSR count). The van der Waals surface area contributed by atoms with Crippen molar-refractivity contribution in [1.29, 1.82) is 0 Å². The van der Waals surface area contributed by atoms with Gasteiger partial charge in [0.25, 0.3) is 0 Å². The van der Waals surface area contributed by atoms with Crippen LogP contribution in [0.25, 0.3) is 0 Å². The van der Waals surface area contributed by atoms with Gasteiger partial charge in [0.15, 0.2) is 0 Å². The lowest BCUT2D eigenvalue weighted by atomic mass is 10.1. The van der Waals surface area contributed by atoms with E-state index in [0.29, 0.717) is 44.1 Å². The molecular weight excluding hydrogens is 413 g/mol. The number of imide groups is 1. The van der Waals surface area contributed by atoms with Crippen LogP contribution in [0.3, 0.4) is 0 Å². The fourth-order valence-electron chi connectivity index (χ4n) is 3.27. The van der Waals surface area contributed by atoms with Crippen molar-refractivity contribution in [1.82, 2.24) is 14.9 Å². The van der Waals surface area contributed by atoms with Crippen molar-refractivity contribution < 1.29 is 27.1 Å². The van der Waals surface area contributed by atoms with E-state index >= 15 is 0 Å². The number of urea groups is 1. The predicted molar refractivity (Wildman–Crippen MR) is 109 cm³/mol. The molecule has 1 aromatic carbocycles. The highest BCUT2D eigenvalue weighted by Gasteiger charge is 2.26. The van der Waals surface area contributed by atoms with Crippen molar-refractivity contribution in [2.75, 3.05) is 25.4 Å². The third kappa shape index (κ3) is 6.66. The molecule has 0 bridgehead atoms. The van der Waals surface area contributed by atoms with Gasteiger partial charge in [0.1, 0.15) is 18.1 Å². The van der Waals surface area contributed by atoms with Gasteiger partial charge in [0.2, 0.25) is 15.9 Å². The lowest BCUT2D eigenvalue weighted by molar-refractivity contribution is -0.118. The first kappa shape index (κ1) is 22.5. The first-order chi connectivity index (χ1) is 14.2. The molecule has 1 saturated carbocycles. The number of ether oxygens (including phenoxy) is 1. The minimum absolute atomic E-state index is 0.0468. The Hall–Kier alpha value is -2.20. The van der Waals surface area contributed by atoms with Crippen LogP contribution in [0.4, 0.5) is 9.18 Å². The first-order valence-corrected chi connectivity index (χ1v) is 11.9. The van der Waals surface area contributed by atoms with Gasteiger partial charge < -0.3 is 9.64 Å².